The Hall–Kier alpha value is -1.88. The van der Waals surface area contributed by atoms with Crippen LogP contribution in [0.25, 0.3) is 0 Å². The summed E-state index contributed by atoms with van der Waals surface area (Å²) in [5, 5.41) is 0. The van der Waals surface area contributed by atoms with Gasteiger partial charge >= 0.3 is 0 Å². The van der Waals surface area contributed by atoms with E-state index in [9.17, 15) is 4.79 Å². The number of hydrogen-bond donors (Lipinski definition) is 0. The maximum atomic E-state index is 12.7. The molecule has 1 saturated carbocycles. The van der Waals surface area contributed by atoms with Crippen molar-refractivity contribution in [3.8, 4) is 5.75 Å². The van der Waals surface area contributed by atoms with E-state index in [0.717, 1.165) is 40.6 Å². The average molecular weight is 389 g/mol. The fraction of sp³-hybridized carbons (Fsp3) is 0.368. The summed E-state index contributed by atoms with van der Waals surface area (Å²) in [6.07, 6.45) is 7.05. The van der Waals surface area contributed by atoms with Gasteiger partial charge in [-0.2, -0.15) is 0 Å². The van der Waals surface area contributed by atoms with Crippen molar-refractivity contribution in [1.29, 1.82) is 0 Å². The number of methoxy groups -OCH3 is 1. The first-order chi connectivity index (χ1) is 11.7. The lowest BCUT2D eigenvalue weighted by atomic mass is 10.1. The molecule has 1 fully saturated rings. The molecule has 24 heavy (non-hydrogen) atoms. The fourth-order valence-electron chi connectivity index (χ4n) is 2.75. The molecule has 1 aromatic heterocycles. The summed E-state index contributed by atoms with van der Waals surface area (Å²) in [6.45, 7) is 0.679. The predicted molar refractivity (Wildman–Crippen MR) is 96.8 cm³/mol. The van der Waals surface area contributed by atoms with Crippen molar-refractivity contribution in [3.63, 3.8) is 0 Å². The lowest BCUT2D eigenvalue weighted by molar-refractivity contribution is -0.132. The number of rotatable bonds is 7. The highest BCUT2D eigenvalue weighted by atomic mass is 79.9. The molecule has 0 radical (unpaired) electrons. The van der Waals surface area contributed by atoms with E-state index in [1.165, 1.54) is 0 Å². The van der Waals surface area contributed by atoms with E-state index in [-0.39, 0.29) is 5.91 Å². The number of amides is 1. The van der Waals surface area contributed by atoms with Crippen molar-refractivity contribution in [2.45, 2.75) is 38.3 Å². The zero-order valence-corrected chi connectivity index (χ0v) is 15.3. The Kier molecular flexibility index (Phi) is 5.51. The Balaban J connectivity index is 1.61. The summed E-state index contributed by atoms with van der Waals surface area (Å²) in [6, 6.07) is 10.3. The van der Waals surface area contributed by atoms with Crippen LogP contribution in [-0.4, -0.2) is 28.9 Å². The molecule has 0 saturated heterocycles. The Bertz CT molecular complexity index is 702. The van der Waals surface area contributed by atoms with Gasteiger partial charge in [0.05, 0.1) is 11.6 Å². The molecule has 0 N–H and O–H groups in total. The summed E-state index contributed by atoms with van der Waals surface area (Å²) < 4.78 is 6.16. The Morgan fingerprint density at radius 1 is 1.25 bits per heavy atom. The summed E-state index contributed by atoms with van der Waals surface area (Å²) in [4.78, 5) is 18.7. The van der Waals surface area contributed by atoms with E-state index in [0.29, 0.717) is 19.0 Å². The van der Waals surface area contributed by atoms with Crippen molar-refractivity contribution < 1.29 is 9.53 Å². The Morgan fingerprint density at radius 2 is 2.00 bits per heavy atom. The third-order valence-electron chi connectivity index (χ3n) is 4.25. The fourth-order valence-corrected chi connectivity index (χ4v) is 3.34. The largest absolute Gasteiger partial charge is 0.496 e. The van der Waals surface area contributed by atoms with Crippen LogP contribution in [0, 0.1) is 0 Å². The minimum atomic E-state index is 0.223. The van der Waals surface area contributed by atoms with Gasteiger partial charge in [-0.3, -0.25) is 9.78 Å². The van der Waals surface area contributed by atoms with Crippen molar-refractivity contribution in [1.82, 2.24) is 9.88 Å². The van der Waals surface area contributed by atoms with Crippen LogP contribution in [0.1, 0.15) is 30.4 Å². The smallest absolute Gasteiger partial charge is 0.223 e. The van der Waals surface area contributed by atoms with Crippen LogP contribution in [0.3, 0.4) is 0 Å². The third-order valence-corrected chi connectivity index (χ3v) is 4.87. The SMILES string of the molecule is COc1ccc(CCC(=O)N(Cc2ccncc2)C2CC2)cc1Br. The molecule has 2 aromatic rings. The van der Waals surface area contributed by atoms with Gasteiger partial charge in [0, 0.05) is 31.4 Å². The average Bonchev–Trinajstić information content (AvgIpc) is 3.43. The van der Waals surface area contributed by atoms with Gasteiger partial charge in [-0.15, -0.1) is 0 Å². The first kappa shape index (κ1) is 17.0. The first-order valence-corrected chi connectivity index (χ1v) is 8.97. The van der Waals surface area contributed by atoms with Crippen LogP contribution in [0.5, 0.6) is 5.75 Å². The molecule has 1 amide bonds. The van der Waals surface area contributed by atoms with E-state index in [1.54, 1.807) is 19.5 Å². The van der Waals surface area contributed by atoms with Gasteiger partial charge in [-0.05, 0) is 70.6 Å². The molecule has 5 heteroatoms. The molecule has 1 aliphatic carbocycles. The van der Waals surface area contributed by atoms with Crippen LogP contribution in [0.2, 0.25) is 0 Å². The number of carbonyl (C=O) groups is 1. The number of benzene rings is 1. The number of aryl methyl sites for hydroxylation is 1. The van der Waals surface area contributed by atoms with Gasteiger partial charge in [-0.25, -0.2) is 0 Å². The van der Waals surface area contributed by atoms with E-state index in [2.05, 4.69) is 20.9 Å². The van der Waals surface area contributed by atoms with Gasteiger partial charge in [0.1, 0.15) is 5.75 Å². The molecule has 4 nitrogen and oxygen atoms in total. The predicted octanol–water partition coefficient (Wildman–Crippen LogP) is 3.98. The molecular weight excluding hydrogens is 368 g/mol. The number of carbonyl (C=O) groups excluding carboxylic acids is 1. The second kappa shape index (κ2) is 7.79. The summed E-state index contributed by atoms with van der Waals surface area (Å²) in [5.74, 6) is 1.03. The van der Waals surface area contributed by atoms with Gasteiger partial charge in [-0.1, -0.05) is 6.07 Å². The van der Waals surface area contributed by atoms with Gasteiger partial charge in [0.2, 0.25) is 5.91 Å². The molecule has 0 atom stereocenters. The summed E-state index contributed by atoms with van der Waals surface area (Å²) >= 11 is 3.49. The molecule has 1 heterocycles. The zero-order valence-electron chi connectivity index (χ0n) is 13.7. The van der Waals surface area contributed by atoms with Crippen LogP contribution in [0.4, 0.5) is 0 Å². The minimum Gasteiger partial charge on any atom is -0.496 e. The lowest BCUT2D eigenvalue weighted by Crippen LogP contribution is -2.32. The van der Waals surface area contributed by atoms with Gasteiger partial charge in [0.15, 0.2) is 0 Å². The van der Waals surface area contributed by atoms with E-state index >= 15 is 0 Å². The topological polar surface area (TPSA) is 42.4 Å². The molecule has 0 aliphatic heterocycles. The van der Waals surface area contributed by atoms with Crippen molar-refractivity contribution in [3.05, 3.63) is 58.3 Å². The monoisotopic (exact) mass is 388 g/mol. The van der Waals surface area contributed by atoms with Crippen LogP contribution in [0.15, 0.2) is 47.2 Å². The highest BCUT2D eigenvalue weighted by Gasteiger charge is 2.32. The zero-order chi connectivity index (χ0) is 16.9. The van der Waals surface area contributed by atoms with E-state index < -0.39 is 0 Å². The van der Waals surface area contributed by atoms with Crippen molar-refractivity contribution in [2.75, 3.05) is 7.11 Å². The molecule has 1 aromatic carbocycles. The number of halogens is 1. The maximum absolute atomic E-state index is 12.7. The molecular formula is C19H21BrN2O2. The molecule has 0 spiro atoms. The lowest BCUT2D eigenvalue weighted by Gasteiger charge is -2.22. The number of aromatic nitrogens is 1. The highest BCUT2D eigenvalue weighted by molar-refractivity contribution is 9.10. The van der Waals surface area contributed by atoms with Crippen LogP contribution >= 0.6 is 15.9 Å². The normalized spacial score (nSPS) is 13.6. The maximum Gasteiger partial charge on any atom is 0.223 e. The van der Waals surface area contributed by atoms with E-state index in [4.69, 9.17) is 4.74 Å². The van der Waals surface area contributed by atoms with Gasteiger partial charge in [0.25, 0.3) is 0 Å². The van der Waals surface area contributed by atoms with Crippen LogP contribution < -0.4 is 4.74 Å². The standard InChI is InChI=1S/C19H21BrN2O2/c1-24-18-6-2-14(12-17(18)20)3-7-19(23)22(16-4-5-16)13-15-8-10-21-11-9-15/h2,6,8-12,16H,3-5,7,13H2,1H3. The first-order valence-electron chi connectivity index (χ1n) is 8.18. The van der Waals surface area contributed by atoms with Gasteiger partial charge < -0.3 is 9.64 Å². The molecule has 126 valence electrons. The number of nitrogens with zero attached hydrogens (tertiary/aromatic N) is 2. The molecule has 0 bridgehead atoms. The van der Waals surface area contributed by atoms with Crippen LogP contribution in [-0.2, 0) is 17.8 Å². The second-order valence-electron chi connectivity index (χ2n) is 6.08. The summed E-state index contributed by atoms with van der Waals surface area (Å²) in [5.41, 5.74) is 2.27. The van der Waals surface area contributed by atoms with E-state index in [1.807, 2.05) is 35.2 Å². The number of ether oxygens (including phenoxy) is 1. The molecule has 3 rings (SSSR count). The molecule has 0 unspecified atom stereocenters. The Labute approximate surface area is 151 Å². The number of hydrogen-bond acceptors (Lipinski definition) is 3. The third kappa shape index (κ3) is 4.35. The molecule has 1 aliphatic rings. The highest BCUT2D eigenvalue weighted by Crippen LogP contribution is 2.30. The second-order valence-corrected chi connectivity index (χ2v) is 6.93. The summed E-state index contributed by atoms with van der Waals surface area (Å²) in [7, 11) is 1.65. The van der Waals surface area contributed by atoms with Crippen molar-refractivity contribution >= 4 is 21.8 Å². The quantitative estimate of drug-likeness (QED) is 0.720. The number of pyridine rings is 1. The van der Waals surface area contributed by atoms with Crippen molar-refractivity contribution in [2.24, 2.45) is 0 Å². The minimum absolute atomic E-state index is 0.223. The Morgan fingerprint density at radius 3 is 2.62 bits per heavy atom.